The van der Waals surface area contributed by atoms with Crippen LogP contribution in [0.25, 0.3) is 11.0 Å². The van der Waals surface area contributed by atoms with Gasteiger partial charge in [-0.15, -0.1) is 0 Å². The normalized spacial score (nSPS) is 15.8. The summed E-state index contributed by atoms with van der Waals surface area (Å²) in [7, 11) is 0. The number of H-pyrrole nitrogens is 1. The Hall–Kier alpha value is -3.61. The predicted molar refractivity (Wildman–Crippen MR) is 126 cm³/mol. The van der Waals surface area contributed by atoms with E-state index in [1.807, 2.05) is 18.2 Å². The third-order valence-electron chi connectivity index (χ3n) is 6.27. The van der Waals surface area contributed by atoms with Crippen LogP contribution in [0.4, 0.5) is 0 Å². The molecule has 0 radical (unpaired) electrons. The summed E-state index contributed by atoms with van der Waals surface area (Å²) < 4.78 is 5.89. The molecule has 33 heavy (non-hydrogen) atoms. The van der Waals surface area contributed by atoms with Crippen molar-refractivity contribution in [3.05, 3.63) is 65.9 Å². The highest BCUT2D eigenvalue weighted by atomic mass is 16.5. The zero-order chi connectivity index (χ0) is 22.6. The lowest BCUT2D eigenvalue weighted by Crippen LogP contribution is -2.10. The Bertz CT molecular complexity index is 1250. The molecule has 1 N–H and O–H groups in total. The molecule has 1 saturated carbocycles. The number of carbonyl (C=O) groups excluding carboxylic acids is 2. The summed E-state index contributed by atoms with van der Waals surface area (Å²) in [6.07, 6.45) is 12.9. The Balaban J connectivity index is 1.28. The summed E-state index contributed by atoms with van der Waals surface area (Å²) in [5.74, 6) is 1.60. The molecule has 0 atom stereocenters. The van der Waals surface area contributed by atoms with E-state index in [2.05, 4.69) is 19.9 Å². The van der Waals surface area contributed by atoms with Crippen LogP contribution in [0.2, 0.25) is 0 Å². The van der Waals surface area contributed by atoms with Gasteiger partial charge in [-0.1, -0.05) is 25.0 Å². The van der Waals surface area contributed by atoms with Gasteiger partial charge in [-0.05, 0) is 37.0 Å². The van der Waals surface area contributed by atoms with Crippen molar-refractivity contribution >= 4 is 28.3 Å². The van der Waals surface area contributed by atoms with E-state index < -0.39 is 0 Å². The number of Topliss-reactive ketones (excluding diaryl/α,β-unsaturated/α-hetero) is 2. The molecule has 1 aliphatic carbocycles. The second-order valence-electron chi connectivity index (χ2n) is 8.74. The lowest BCUT2D eigenvalue weighted by molar-refractivity contribution is 0.0986. The van der Waals surface area contributed by atoms with Crippen molar-refractivity contribution in [2.24, 2.45) is 10.9 Å². The first-order chi connectivity index (χ1) is 16.2. The standard InChI is InChI=1S/C26H26N4O3/c31-23(18-11-20(15-27-14-18)33-16-17-5-1-2-6-17)13-25-29-22-9-3-8-21(26(22)30-25)24(32)12-19-7-4-10-28-19/h3-4,8-11,14-15,17H,1-2,5-7,12-13,16H2,(H,29,30). The minimum absolute atomic E-state index is 0.0243. The van der Waals surface area contributed by atoms with Crippen LogP contribution in [0.15, 0.2) is 53.9 Å². The van der Waals surface area contributed by atoms with Crippen LogP contribution in [-0.2, 0) is 6.42 Å². The van der Waals surface area contributed by atoms with E-state index in [4.69, 9.17) is 4.74 Å². The number of nitrogens with one attached hydrogen (secondary N) is 1. The van der Waals surface area contributed by atoms with Crippen LogP contribution >= 0.6 is 0 Å². The third kappa shape index (κ3) is 4.92. The average molecular weight is 443 g/mol. The maximum Gasteiger partial charge on any atom is 0.172 e. The molecule has 1 aromatic carbocycles. The second kappa shape index (κ2) is 9.48. The average Bonchev–Trinajstić information content (AvgIpc) is 3.59. The Morgan fingerprint density at radius 1 is 1.09 bits per heavy atom. The zero-order valence-electron chi connectivity index (χ0n) is 18.4. The van der Waals surface area contributed by atoms with Crippen molar-refractivity contribution in [2.75, 3.05) is 6.61 Å². The van der Waals surface area contributed by atoms with Gasteiger partial charge in [0.2, 0.25) is 0 Å². The fourth-order valence-electron chi connectivity index (χ4n) is 4.49. The summed E-state index contributed by atoms with van der Waals surface area (Å²) in [4.78, 5) is 41.9. The van der Waals surface area contributed by atoms with E-state index in [1.54, 1.807) is 30.7 Å². The van der Waals surface area contributed by atoms with Crippen molar-refractivity contribution < 1.29 is 14.3 Å². The van der Waals surface area contributed by atoms with Gasteiger partial charge < -0.3 is 9.72 Å². The molecular formula is C26H26N4O3. The van der Waals surface area contributed by atoms with Gasteiger partial charge in [-0.25, -0.2) is 4.98 Å². The summed E-state index contributed by atoms with van der Waals surface area (Å²) in [5, 5.41) is 0. The molecule has 2 aromatic heterocycles. The summed E-state index contributed by atoms with van der Waals surface area (Å²) in [6.45, 7) is 0.669. The van der Waals surface area contributed by atoms with E-state index in [0.29, 0.717) is 47.2 Å². The number of hydrogen-bond donors (Lipinski definition) is 1. The molecule has 5 rings (SSSR count). The largest absolute Gasteiger partial charge is 0.492 e. The highest BCUT2D eigenvalue weighted by molar-refractivity contribution is 6.15. The number of para-hydroxylation sites is 1. The van der Waals surface area contributed by atoms with Crippen molar-refractivity contribution in [2.45, 2.75) is 44.9 Å². The smallest absolute Gasteiger partial charge is 0.172 e. The number of aromatic nitrogens is 3. The fourth-order valence-corrected chi connectivity index (χ4v) is 4.49. The van der Waals surface area contributed by atoms with Crippen LogP contribution < -0.4 is 4.74 Å². The maximum atomic E-state index is 12.9. The predicted octanol–water partition coefficient (Wildman–Crippen LogP) is 4.88. The number of nitrogens with zero attached hydrogens (tertiary/aromatic N) is 3. The number of allylic oxidation sites excluding steroid dienone is 1. The zero-order valence-corrected chi connectivity index (χ0v) is 18.4. The van der Waals surface area contributed by atoms with Crippen LogP contribution in [-0.4, -0.2) is 38.8 Å². The Kier molecular flexibility index (Phi) is 6.11. The monoisotopic (exact) mass is 442 g/mol. The van der Waals surface area contributed by atoms with Gasteiger partial charge in [0.15, 0.2) is 11.6 Å². The number of pyridine rings is 1. The number of hydrogen-bond acceptors (Lipinski definition) is 6. The number of ketones is 2. The lowest BCUT2D eigenvalue weighted by Gasteiger charge is -2.11. The highest BCUT2D eigenvalue weighted by Gasteiger charge is 2.19. The van der Waals surface area contributed by atoms with Crippen LogP contribution in [0.3, 0.4) is 0 Å². The molecule has 7 nitrogen and oxygen atoms in total. The molecule has 168 valence electrons. The van der Waals surface area contributed by atoms with Gasteiger partial charge >= 0.3 is 0 Å². The Morgan fingerprint density at radius 2 is 1.97 bits per heavy atom. The summed E-state index contributed by atoms with van der Waals surface area (Å²) in [6, 6.07) is 7.21. The van der Waals surface area contributed by atoms with Crippen molar-refractivity contribution in [1.82, 2.24) is 15.0 Å². The molecule has 0 spiro atoms. The van der Waals surface area contributed by atoms with Crippen molar-refractivity contribution in [3.8, 4) is 5.75 Å². The molecule has 3 heterocycles. The second-order valence-corrected chi connectivity index (χ2v) is 8.74. The van der Waals surface area contributed by atoms with Crippen molar-refractivity contribution in [3.63, 3.8) is 0 Å². The molecule has 0 saturated heterocycles. The molecule has 1 aliphatic heterocycles. The molecule has 0 amide bonds. The number of rotatable bonds is 9. The fraction of sp³-hybridized carbons (Fsp3) is 0.346. The van der Waals surface area contributed by atoms with Gasteiger partial charge in [0, 0.05) is 42.1 Å². The topological polar surface area (TPSA) is 97.3 Å². The third-order valence-corrected chi connectivity index (χ3v) is 6.27. The Morgan fingerprint density at radius 3 is 2.79 bits per heavy atom. The first-order valence-electron chi connectivity index (χ1n) is 11.5. The molecule has 1 fully saturated rings. The van der Waals surface area contributed by atoms with Gasteiger partial charge in [0.1, 0.15) is 11.6 Å². The number of carbonyl (C=O) groups is 2. The molecule has 0 unspecified atom stereocenters. The van der Waals surface area contributed by atoms with E-state index in [0.717, 1.165) is 11.2 Å². The van der Waals surface area contributed by atoms with Gasteiger partial charge in [-0.3, -0.25) is 19.6 Å². The number of ether oxygens (including phenoxy) is 1. The molecule has 0 bridgehead atoms. The van der Waals surface area contributed by atoms with Gasteiger partial charge in [0.25, 0.3) is 0 Å². The minimum Gasteiger partial charge on any atom is -0.492 e. The minimum atomic E-state index is -0.105. The van der Waals surface area contributed by atoms with E-state index in [1.165, 1.54) is 25.7 Å². The van der Waals surface area contributed by atoms with Crippen LogP contribution in [0.5, 0.6) is 5.75 Å². The summed E-state index contributed by atoms with van der Waals surface area (Å²) in [5.41, 5.74) is 3.21. The van der Waals surface area contributed by atoms with Crippen molar-refractivity contribution in [1.29, 1.82) is 0 Å². The molecular weight excluding hydrogens is 416 g/mol. The molecule has 7 heteroatoms. The number of benzene rings is 1. The van der Waals surface area contributed by atoms with Gasteiger partial charge in [-0.2, -0.15) is 0 Å². The SMILES string of the molecule is O=C(Cc1nc2c(C(=O)CC3=NC=CC3)cccc2[nH]1)c1cncc(OCC2CCCC2)c1. The van der Waals surface area contributed by atoms with Crippen LogP contribution in [0, 0.1) is 5.92 Å². The number of aromatic amines is 1. The highest BCUT2D eigenvalue weighted by Crippen LogP contribution is 2.26. The van der Waals surface area contributed by atoms with E-state index in [9.17, 15) is 9.59 Å². The molecule has 2 aliphatic rings. The number of aliphatic imine (C=N–C) groups is 1. The lowest BCUT2D eigenvalue weighted by atomic mass is 10.0. The van der Waals surface area contributed by atoms with E-state index >= 15 is 0 Å². The maximum absolute atomic E-state index is 12.9. The first-order valence-corrected chi connectivity index (χ1v) is 11.5. The van der Waals surface area contributed by atoms with Crippen LogP contribution in [0.1, 0.15) is 65.1 Å². The molecule has 3 aromatic rings. The first kappa shape index (κ1) is 21.2. The van der Waals surface area contributed by atoms with E-state index in [-0.39, 0.29) is 24.4 Å². The Labute approximate surface area is 192 Å². The van der Waals surface area contributed by atoms with Gasteiger partial charge in [0.05, 0.1) is 30.3 Å². The number of imidazole rings is 1. The summed E-state index contributed by atoms with van der Waals surface area (Å²) >= 11 is 0. The quantitative estimate of drug-likeness (QED) is 0.476. The number of fused-ring (bicyclic) bond motifs is 1.